The Morgan fingerprint density at radius 1 is 1.04 bits per heavy atom. The molecule has 27 heavy (non-hydrogen) atoms. The van der Waals surface area contributed by atoms with Crippen molar-refractivity contribution in [2.45, 2.75) is 18.9 Å². The summed E-state index contributed by atoms with van der Waals surface area (Å²) in [4.78, 5) is 14.8. The lowest BCUT2D eigenvalue weighted by Gasteiger charge is -2.24. The van der Waals surface area contributed by atoms with Gasteiger partial charge in [0.25, 0.3) is 0 Å². The second kappa shape index (κ2) is 8.62. The molecule has 142 valence electrons. The van der Waals surface area contributed by atoms with Gasteiger partial charge in [-0.1, -0.05) is 12.1 Å². The third-order valence-electron chi connectivity index (χ3n) is 4.86. The second-order valence-electron chi connectivity index (χ2n) is 6.41. The van der Waals surface area contributed by atoms with E-state index in [1.165, 1.54) is 0 Å². The van der Waals surface area contributed by atoms with Gasteiger partial charge in [-0.15, -0.1) is 0 Å². The van der Waals surface area contributed by atoms with E-state index in [0.29, 0.717) is 5.75 Å². The van der Waals surface area contributed by atoms with Crippen molar-refractivity contribution < 1.29 is 19.0 Å². The summed E-state index contributed by atoms with van der Waals surface area (Å²) in [6, 6.07) is 13.5. The van der Waals surface area contributed by atoms with E-state index >= 15 is 0 Å². The molecular formula is C22H25NO4. The molecule has 5 heteroatoms. The van der Waals surface area contributed by atoms with Crippen LogP contribution in [0, 0.1) is 0 Å². The van der Waals surface area contributed by atoms with Gasteiger partial charge in [-0.2, -0.15) is 0 Å². The second-order valence-corrected chi connectivity index (χ2v) is 6.41. The van der Waals surface area contributed by atoms with Crippen LogP contribution in [0.15, 0.2) is 48.5 Å². The number of likely N-dealkylation sites (tertiary alicyclic amines) is 1. The van der Waals surface area contributed by atoms with E-state index in [4.69, 9.17) is 14.2 Å². The highest BCUT2D eigenvalue weighted by Crippen LogP contribution is 2.34. The van der Waals surface area contributed by atoms with Crippen molar-refractivity contribution in [2.75, 3.05) is 27.9 Å². The molecule has 1 aliphatic rings. The highest BCUT2D eigenvalue weighted by atomic mass is 16.5. The first-order chi connectivity index (χ1) is 13.2. The fourth-order valence-electron chi connectivity index (χ4n) is 3.45. The third-order valence-corrected chi connectivity index (χ3v) is 4.86. The third kappa shape index (κ3) is 4.25. The van der Waals surface area contributed by atoms with Gasteiger partial charge >= 0.3 is 0 Å². The fourth-order valence-corrected chi connectivity index (χ4v) is 3.45. The van der Waals surface area contributed by atoms with Gasteiger partial charge in [0.2, 0.25) is 5.91 Å². The summed E-state index contributed by atoms with van der Waals surface area (Å²) in [5.41, 5.74) is 1.91. The number of carbonyl (C=O) groups excluding carboxylic acids is 1. The molecule has 1 aliphatic heterocycles. The molecule has 0 aromatic heterocycles. The summed E-state index contributed by atoms with van der Waals surface area (Å²) in [6.07, 6.45) is 5.33. The molecule has 5 nitrogen and oxygen atoms in total. The Balaban J connectivity index is 1.79. The quantitative estimate of drug-likeness (QED) is 0.722. The summed E-state index contributed by atoms with van der Waals surface area (Å²) < 4.78 is 16.0. The number of hydrogen-bond donors (Lipinski definition) is 0. The molecule has 1 fully saturated rings. The molecule has 2 aromatic rings. The molecule has 0 N–H and O–H groups in total. The Hall–Kier alpha value is -2.95. The Kier molecular flexibility index (Phi) is 6.01. The van der Waals surface area contributed by atoms with E-state index in [9.17, 15) is 4.79 Å². The number of rotatable bonds is 6. The van der Waals surface area contributed by atoms with Gasteiger partial charge in [-0.25, -0.2) is 0 Å². The van der Waals surface area contributed by atoms with Crippen molar-refractivity contribution in [3.05, 3.63) is 59.7 Å². The average molecular weight is 367 g/mol. The zero-order chi connectivity index (χ0) is 19.2. The van der Waals surface area contributed by atoms with Crippen molar-refractivity contribution in [1.29, 1.82) is 0 Å². The minimum absolute atomic E-state index is 0.00908. The van der Waals surface area contributed by atoms with Crippen LogP contribution in [0.3, 0.4) is 0 Å². The molecule has 0 radical (unpaired) electrons. The zero-order valence-corrected chi connectivity index (χ0v) is 16.0. The molecule has 1 heterocycles. The van der Waals surface area contributed by atoms with Crippen LogP contribution in [-0.2, 0) is 4.79 Å². The number of carbonyl (C=O) groups is 1. The van der Waals surface area contributed by atoms with Crippen LogP contribution in [0.1, 0.15) is 30.0 Å². The van der Waals surface area contributed by atoms with Gasteiger partial charge in [-0.05, 0) is 54.8 Å². The van der Waals surface area contributed by atoms with Crippen LogP contribution in [-0.4, -0.2) is 38.7 Å². The lowest BCUT2D eigenvalue weighted by Crippen LogP contribution is -2.28. The molecule has 1 amide bonds. The zero-order valence-electron chi connectivity index (χ0n) is 16.0. The van der Waals surface area contributed by atoms with Gasteiger partial charge < -0.3 is 19.1 Å². The van der Waals surface area contributed by atoms with Crippen LogP contribution >= 0.6 is 0 Å². The largest absolute Gasteiger partial charge is 0.497 e. The number of hydrogen-bond acceptors (Lipinski definition) is 4. The van der Waals surface area contributed by atoms with Gasteiger partial charge in [-0.3, -0.25) is 4.79 Å². The maximum absolute atomic E-state index is 12.8. The number of benzene rings is 2. The Morgan fingerprint density at radius 3 is 2.56 bits per heavy atom. The van der Waals surface area contributed by atoms with Crippen LogP contribution < -0.4 is 14.2 Å². The van der Waals surface area contributed by atoms with Crippen molar-refractivity contribution in [1.82, 2.24) is 4.90 Å². The molecule has 0 spiro atoms. The molecule has 3 rings (SSSR count). The van der Waals surface area contributed by atoms with Gasteiger partial charge in [0.15, 0.2) is 0 Å². The number of methoxy groups -OCH3 is 3. The van der Waals surface area contributed by atoms with Crippen molar-refractivity contribution in [3.63, 3.8) is 0 Å². The summed E-state index contributed by atoms with van der Waals surface area (Å²) in [5.74, 6) is 2.22. The average Bonchev–Trinajstić information content (AvgIpc) is 3.21. The van der Waals surface area contributed by atoms with Gasteiger partial charge in [0, 0.05) is 18.2 Å². The molecule has 1 atom stereocenters. The van der Waals surface area contributed by atoms with Crippen LogP contribution in [0.25, 0.3) is 6.08 Å². The highest BCUT2D eigenvalue weighted by Gasteiger charge is 2.28. The summed E-state index contributed by atoms with van der Waals surface area (Å²) in [5, 5.41) is 0. The van der Waals surface area contributed by atoms with E-state index in [1.807, 2.05) is 47.4 Å². The summed E-state index contributed by atoms with van der Waals surface area (Å²) >= 11 is 0. The number of amides is 1. The Morgan fingerprint density at radius 2 is 1.81 bits per heavy atom. The summed E-state index contributed by atoms with van der Waals surface area (Å²) in [7, 11) is 4.88. The van der Waals surface area contributed by atoms with E-state index < -0.39 is 0 Å². The Bertz CT molecular complexity index is 831. The molecule has 2 aromatic carbocycles. The number of ether oxygens (including phenoxy) is 3. The maximum Gasteiger partial charge on any atom is 0.247 e. The molecular weight excluding hydrogens is 342 g/mol. The molecule has 1 saturated heterocycles. The van der Waals surface area contributed by atoms with E-state index in [0.717, 1.165) is 42.0 Å². The van der Waals surface area contributed by atoms with E-state index in [-0.39, 0.29) is 11.9 Å². The first kappa shape index (κ1) is 18.8. The maximum atomic E-state index is 12.8. The van der Waals surface area contributed by atoms with Crippen LogP contribution in [0.4, 0.5) is 0 Å². The summed E-state index contributed by atoms with van der Waals surface area (Å²) in [6.45, 7) is 0.750. The minimum atomic E-state index is -0.00908. The molecule has 0 bridgehead atoms. The lowest BCUT2D eigenvalue weighted by molar-refractivity contribution is -0.126. The Labute approximate surface area is 160 Å². The predicted molar refractivity (Wildman–Crippen MR) is 105 cm³/mol. The predicted octanol–water partition coefficient (Wildman–Crippen LogP) is 4.09. The first-order valence-corrected chi connectivity index (χ1v) is 9.01. The van der Waals surface area contributed by atoms with Crippen LogP contribution in [0.2, 0.25) is 0 Å². The monoisotopic (exact) mass is 367 g/mol. The van der Waals surface area contributed by atoms with Crippen molar-refractivity contribution in [3.8, 4) is 17.2 Å². The molecule has 0 aliphatic carbocycles. The van der Waals surface area contributed by atoms with Gasteiger partial charge in [0.1, 0.15) is 17.2 Å². The van der Waals surface area contributed by atoms with Crippen molar-refractivity contribution >= 4 is 12.0 Å². The van der Waals surface area contributed by atoms with E-state index in [1.54, 1.807) is 33.5 Å². The smallest absolute Gasteiger partial charge is 0.247 e. The standard InChI is InChI=1S/C22H25NO4/c1-25-18-7-4-6-16(14-18)20-8-5-13-23(20)22(24)12-9-17-15-19(26-2)10-11-21(17)27-3/h4,6-7,9-12,14-15,20H,5,8,13H2,1-3H3/b12-9+. The van der Waals surface area contributed by atoms with Crippen LogP contribution in [0.5, 0.6) is 17.2 Å². The van der Waals surface area contributed by atoms with E-state index in [2.05, 4.69) is 0 Å². The fraction of sp³-hybridized carbons (Fsp3) is 0.318. The normalized spacial score (nSPS) is 16.6. The number of nitrogens with zero attached hydrogens (tertiary/aromatic N) is 1. The lowest BCUT2D eigenvalue weighted by atomic mass is 10.0. The first-order valence-electron chi connectivity index (χ1n) is 9.01. The highest BCUT2D eigenvalue weighted by molar-refractivity contribution is 5.92. The van der Waals surface area contributed by atoms with Gasteiger partial charge in [0.05, 0.1) is 27.4 Å². The molecule has 1 unspecified atom stereocenters. The molecule has 0 saturated carbocycles. The topological polar surface area (TPSA) is 48.0 Å². The minimum Gasteiger partial charge on any atom is -0.497 e. The SMILES string of the molecule is COc1cccc(C2CCCN2C(=O)/C=C/c2cc(OC)ccc2OC)c1. The van der Waals surface area contributed by atoms with Crippen molar-refractivity contribution in [2.24, 2.45) is 0 Å².